The molecular weight excluding hydrogens is 200 g/mol. The number of halogens is 1. The van der Waals surface area contributed by atoms with Crippen LogP contribution in [-0.4, -0.2) is 10.2 Å². The molecule has 0 fully saturated rings. The summed E-state index contributed by atoms with van der Waals surface area (Å²) in [6, 6.07) is 9.83. The number of aromatic nitrogens is 2. The Morgan fingerprint density at radius 2 is 1.86 bits per heavy atom. The van der Waals surface area contributed by atoms with Crippen LogP contribution < -0.4 is 5.56 Å². The van der Waals surface area contributed by atoms with Crippen LogP contribution in [0, 0.1) is 0 Å². The molecule has 0 saturated carbocycles. The Balaban J connectivity index is 2.28. The van der Waals surface area contributed by atoms with Gasteiger partial charge in [0, 0.05) is 6.42 Å². The highest BCUT2D eigenvalue weighted by Crippen LogP contribution is 2.12. The predicted octanol–water partition coefficient (Wildman–Crippen LogP) is 1.95. The van der Waals surface area contributed by atoms with Crippen LogP contribution in [0.15, 0.2) is 35.1 Å². The third-order valence-electron chi connectivity index (χ3n) is 2.01. The van der Waals surface area contributed by atoms with E-state index in [0.29, 0.717) is 6.42 Å². The molecule has 0 atom stereocenters. The van der Waals surface area contributed by atoms with E-state index in [9.17, 15) is 4.79 Å². The number of rotatable bonds is 2. The van der Waals surface area contributed by atoms with Gasteiger partial charge in [-0.25, -0.2) is 0 Å². The van der Waals surface area contributed by atoms with Crippen LogP contribution in [0.2, 0.25) is 5.02 Å². The lowest BCUT2D eigenvalue weighted by atomic mass is 10.1. The summed E-state index contributed by atoms with van der Waals surface area (Å²) in [5.41, 5.74) is 1.57. The third-order valence-corrected chi connectivity index (χ3v) is 2.41. The van der Waals surface area contributed by atoms with Crippen LogP contribution in [0.3, 0.4) is 0 Å². The van der Waals surface area contributed by atoms with Gasteiger partial charge in [0.05, 0.1) is 5.69 Å². The van der Waals surface area contributed by atoms with E-state index in [2.05, 4.69) is 10.2 Å². The lowest BCUT2D eigenvalue weighted by Gasteiger charge is -1.97. The summed E-state index contributed by atoms with van der Waals surface area (Å²) >= 11 is 5.78. The Hall–Kier alpha value is -1.48. The average molecular weight is 209 g/mol. The fourth-order valence-electron chi connectivity index (χ4n) is 1.30. The number of benzene rings is 1. The van der Waals surface area contributed by atoms with Gasteiger partial charge in [0.25, 0.3) is 5.56 Å². The molecule has 1 aromatic heterocycles. The van der Waals surface area contributed by atoms with E-state index in [4.69, 9.17) is 11.6 Å². The standard InChI is InChI=1S/C10H9ClN2O/c11-9-8(12-13-10(9)14)6-7-4-2-1-3-5-7/h1-5H,6H2,(H2,12,13,14). The molecule has 3 nitrogen and oxygen atoms in total. The normalized spacial score (nSPS) is 10.4. The van der Waals surface area contributed by atoms with Crippen molar-refractivity contribution in [1.29, 1.82) is 0 Å². The van der Waals surface area contributed by atoms with Gasteiger partial charge in [-0.15, -0.1) is 0 Å². The van der Waals surface area contributed by atoms with Gasteiger partial charge in [-0.05, 0) is 5.56 Å². The summed E-state index contributed by atoms with van der Waals surface area (Å²) in [7, 11) is 0. The molecule has 0 aliphatic rings. The molecule has 0 radical (unpaired) electrons. The first-order valence-electron chi connectivity index (χ1n) is 4.26. The van der Waals surface area contributed by atoms with Crippen LogP contribution in [0.4, 0.5) is 0 Å². The van der Waals surface area contributed by atoms with Crippen molar-refractivity contribution in [2.75, 3.05) is 0 Å². The van der Waals surface area contributed by atoms with E-state index in [1.54, 1.807) is 0 Å². The van der Waals surface area contributed by atoms with Crippen molar-refractivity contribution in [3.63, 3.8) is 0 Å². The van der Waals surface area contributed by atoms with E-state index in [1.165, 1.54) is 0 Å². The molecular formula is C10H9ClN2O. The van der Waals surface area contributed by atoms with Gasteiger partial charge in [0.15, 0.2) is 0 Å². The maximum atomic E-state index is 11.0. The predicted molar refractivity (Wildman–Crippen MR) is 55.7 cm³/mol. The molecule has 4 heteroatoms. The first kappa shape index (κ1) is 9.09. The highest BCUT2D eigenvalue weighted by Gasteiger charge is 2.06. The van der Waals surface area contributed by atoms with E-state index in [-0.39, 0.29) is 10.6 Å². The van der Waals surface area contributed by atoms with Gasteiger partial charge < -0.3 is 5.10 Å². The van der Waals surface area contributed by atoms with Gasteiger partial charge in [-0.1, -0.05) is 41.9 Å². The van der Waals surface area contributed by atoms with Crippen LogP contribution in [-0.2, 0) is 6.42 Å². The number of H-pyrrole nitrogens is 2. The molecule has 0 saturated heterocycles. The van der Waals surface area contributed by atoms with E-state index < -0.39 is 0 Å². The van der Waals surface area contributed by atoms with Crippen LogP contribution >= 0.6 is 11.6 Å². The minimum Gasteiger partial charge on any atom is -0.300 e. The maximum absolute atomic E-state index is 11.0. The van der Waals surface area contributed by atoms with Crippen molar-refractivity contribution in [1.82, 2.24) is 10.2 Å². The lowest BCUT2D eigenvalue weighted by molar-refractivity contribution is 0.983. The first-order chi connectivity index (χ1) is 6.77. The second kappa shape index (κ2) is 3.72. The molecule has 0 bridgehead atoms. The Bertz CT molecular complexity index is 472. The summed E-state index contributed by atoms with van der Waals surface area (Å²) in [5, 5.41) is 5.44. The molecule has 0 spiro atoms. The number of hydrogen-bond acceptors (Lipinski definition) is 1. The van der Waals surface area contributed by atoms with Gasteiger partial charge >= 0.3 is 0 Å². The lowest BCUT2D eigenvalue weighted by Crippen LogP contribution is -1.97. The minimum atomic E-state index is -0.266. The number of hydrogen-bond donors (Lipinski definition) is 2. The third kappa shape index (κ3) is 1.72. The topological polar surface area (TPSA) is 48.6 Å². The Labute approximate surface area is 85.7 Å². The largest absolute Gasteiger partial charge is 0.300 e. The highest BCUT2D eigenvalue weighted by atomic mass is 35.5. The molecule has 2 rings (SSSR count). The zero-order chi connectivity index (χ0) is 9.97. The molecule has 1 heterocycles. The van der Waals surface area contributed by atoms with Crippen LogP contribution in [0.1, 0.15) is 11.3 Å². The second-order valence-electron chi connectivity index (χ2n) is 3.03. The number of nitrogens with one attached hydrogen (secondary N) is 2. The van der Waals surface area contributed by atoms with Crippen LogP contribution in [0.5, 0.6) is 0 Å². The smallest absolute Gasteiger partial charge is 0.282 e. The summed E-state index contributed by atoms with van der Waals surface area (Å²) < 4.78 is 0. The molecule has 14 heavy (non-hydrogen) atoms. The van der Waals surface area contributed by atoms with Gasteiger partial charge in [-0.3, -0.25) is 9.89 Å². The zero-order valence-corrected chi connectivity index (χ0v) is 8.14. The molecule has 0 aliphatic heterocycles. The average Bonchev–Trinajstić information content (AvgIpc) is 2.52. The summed E-state index contributed by atoms with van der Waals surface area (Å²) in [4.78, 5) is 11.0. The highest BCUT2D eigenvalue weighted by molar-refractivity contribution is 6.31. The fraction of sp³-hybridized carbons (Fsp3) is 0.100. The van der Waals surface area contributed by atoms with Crippen molar-refractivity contribution < 1.29 is 0 Å². The molecule has 2 aromatic rings. The maximum Gasteiger partial charge on any atom is 0.282 e. The van der Waals surface area contributed by atoms with E-state index in [0.717, 1.165) is 11.3 Å². The molecule has 1 aromatic carbocycles. The molecule has 2 N–H and O–H groups in total. The molecule has 0 unspecified atom stereocenters. The van der Waals surface area contributed by atoms with Crippen molar-refractivity contribution in [3.05, 3.63) is 57.0 Å². The van der Waals surface area contributed by atoms with Crippen molar-refractivity contribution in [2.45, 2.75) is 6.42 Å². The zero-order valence-electron chi connectivity index (χ0n) is 7.38. The SMILES string of the molecule is O=c1[nH][nH]c(Cc2ccccc2)c1Cl. The number of aromatic amines is 2. The monoisotopic (exact) mass is 208 g/mol. The molecule has 0 amide bonds. The van der Waals surface area contributed by atoms with Crippen molar-refractivity contribution in [2.24, 2.45) is 0 Å². The fourth-order valence-corrected chi connectivity index (χ4v) is 1.46. The first-order valence-corrected chi connectivity index (χ1v) is 4.64. The second-order valence-corrected chi connectivity index (χ2v) is 3.41. The quantitative estimate of drug-likeness (QED) is 0.779. The Kier molecular flexibility index (Phi) is 2.41. The van der Waals surface area contributed by atoms with Crippen molar-refractivity contribution in [3.8, 4) is 0 Å². The molecule has 72 valence electrons. The van der Waals surface area contributed by atoms with Crippen molar-refractivity contribution >= 4 is 11.6 Å². The van der Waals surface area contributed by atoms with E-state index in [1.807, 2.05) is 30.3 Å². The minimum absolute atomic E-state index is 0.244. The summed E-state index contributed by atoms with van der Waals surface area (Å²) in [6.45, 7) is 0. The van der Waals surface area contributed by atoms with Gasteiger partial charge in [0.1, 0.15) is 5.02 Å². The summed E-state index contributed by atoms with van der Waals surface area (Å²) in [5.74, 6) is 0. The Morgan fingerprint density at radius 1 is 1.14 bits per heavy atom. The molecule has 0 aliphatic carbocycles. The van der Waals surface area contributed by atoms with Crippen LogP contribution in [0.25, 0.3) is 0 Å². The van der Waals surface area contributed by atoms with E-state index >= 15 is 0 Å². The Morgan fingerprint density at radius 3 is 2.43 bits per heavy atom. The summed E-state index contributed by atoms with van der Waals surface area (Å²) in [6.07, 6.45) is 0.637. The van der Waals surface area contributed by atoms with Gasteiger partial charge in [0.2, 0.25) is 0 Å². The van der Waals surface area contributed by atoms with Gasteiger partial charge in [-0.2, -0.15) is 0 Å².